The van der Waals surface area contributed by atoms with Gasteiger partial charge in [-0.05, 0) is 13.0 Å². The van der Waals surface area contributed by atoms with Crippen LogP contribution in [0.1, 0.15) is 17.3 Å². The second-order valence-electron chi connectivity index (χ2n) is 2.36. The van der Waals surface area contributed by atoms with E-state index in [0.29, 0.717) is 12.9 Å². The zero-order chi connectivity index (χ0) is 9.84. The molecule has 1 aromatic carbocycles. The normalized spacial score (nSPS) is 9.77. The lowest BCUT2D eigenvalue weighted by Crippen LogP contribution is -1.95. The molecule has 0 saturated carbocycles. The Morgan fingerprint density at radius 2 is 2.31 bits per heavy atom. The molecule has 0 amide bonds. The van der Waals surface area contributed by atoms with Crippen LogP contribution in [0, 0.1) is 5.82 Å². The Morgan fingerprint density at radius 3 is 2.85 bits per heavy atom. The molecule has 0 bridgehead atoms. The highest BCUT2D eigenvalue weighted by molar-refractivity contribution is 6.34. The topological polar surface area (TPSA) is 26.3 Å². The first kappa shape index (κ1) is 9.99. The number of carbonyl (C=O) groups excluding carboxylic acids is 1. The average Bonchev–Trinajstić information content (AvgIpc) is 2.11. The third-order valence-corrected chi connectivity index (χ3v) is 1.86. The van der Waals surface area contributed by atoms with Crippen molar-refractivity contribution in [1.29, 1.82) is 0 Å². The summed E-state index contributed by atoms with van der Waals surface area (Å²) in [5.74, 6) is -0.332. The maximum absolute atomic E-state index is 12.8. The highest BCUT2D eigenvalue weighted by atomic mass is 35.5. The summed E-state index contributed by atoms with van der Waals surface area (Å²) in [5.41, 5.74) is 0.102. The van der Waals surface area contributed by atoms with Gasteiger partial charge in [0.05, 0.1) is 11.6 Å². The Labute approximate surface area is 80.3 Å². The summed E-state index contributed by atoms with van der Waals surface area (Å²) in [6, 6.07) is 2.22. The molecule has 0 aliphatic heterocycles. The Hall–Kier alpha value is -1.09. The smallest absolute Gasteiger partial charge is 0.151 e. The van der Waals surface area contributed by atoms with Gasteiger partial charge in [0.2, 0.25) is 0 Å². The number of rotatable bonds is 3. The maximum atomic E-state index is 12.8. The van der Waals surface area contributed by atoms with Gasteiger partial charge in [-0.25, -0.2) is 4.39 Å². The largest absolute Gasteiger partial charge is 0.492 e. The van der Waals surface area contributed by atoms with Crippen molar-refractivity contribution in [2.24, 2.45) is 0 Å². The van der Waals surface area contributed by atoms with Gasteiger partial charge in [0.25, 0.3) is 0 Å². The molecule has 0 atom stereocenters. The van der Waals surface area contributed by atoms with Crippen LogP contribution >= 0.6 is 11.6 Å². The van der Waals surface area contributed by atoms with E-state index in [2.05, 4.69) is 0 Å². The molecule has 0 N–H and O–H groups in total. The first-order chi connectivity index (χ1) is 6.19. The summed E-state index contributed by atoms with van der Waals surface area (Å²) in [5, 5.41) is 0.151. The number of ether oxygens (including phenoxy) is 1. The van der Waals surface area contributed by atoms with Gasteiger partial charge in [-0.15, -0.1) is 0 Å². The maximum Gasteiger partial charge on any atom is 0.151 e. The summed E-state index contributed by atoms with van der Waals surface area (Å²) >= 11 is 5.74. The standard InChI is InChI=1S/C9H8ClFO2/c1-2-13-8-4-7(11)3-6(5-12)9(8)10/h3-5H,2H2,1H3. The number of hydrogen-bond donors (Lipinski definition) is 0. The minimum atomic E-state index is -0.532. The van der Waals surface area contributed by atoms with E-state index in [1.165, 1.54) is 0 Å². The molecular formula is C9H8ClFO2. The van der Waals surface area contributed by atoms with Gasteiger partial charge in [-0.2, -0.15) is 0 Å². The van der Waals surface area contributed by atoms with Gasteiger partial charge in [0.1, 0.15) is 11.6 Å². The number of halogens is 2. The first-order valence-corrected chi connectivity index (χ1v) is 4.13. The van der Waals surface area contributed by atoms with Gasteiger partial charge in [0, 0.05) is 11.6 Å². The van der Waals surface area contributed by atoms with Crippen LogP contribution in [0.25, 0.3) is 0 Å². The third kappa shape index (κ3) is 2.18. The van der Waals surface area contributed by atoms with Crippen molar-refractivity contribution in [3.05, 3.63) is 28.5 Å². The van der Waals surface area contributed by atoms with Crippen LogP contribution in [0.4, 0.5) is 4.39 Å². The summed E-state index contributed by atoms with van der Waals surface area (Å²) in [6.07, 6.45) is 0.494. The van der Waals surface area contributed by atoms with E-state index in [9.17, 15) is 9.18 Å². The summed E-state index contributed by atoms with van der Waals surface area (Å²) in [6.45, 7) is 2.13. The average molecular weight is 203 g/mol. The van der Waals surface area contributed by atoms with Crippen LogP contribution in [0.2, 0.25) is 5.02 Å². The Balaban J connectivity index is 3.18. The van der Waals surface area contributed by atoms with Crippen LogP contribution < -0.4 is 4.74 Å². The molecule has 4 heteroatoms. The SMILES string of the molecule is CCOc1cc(F)cc(C=O)c1Cl. The molecule has 2 nitrogen and oxygen atoms in total. The summed E-state index contributed by atoms with van der Waals surface area (Å²) in [7, 11) is 0. The molecular weight excluding hydrogens is 195 g/mol. The molecule has 1 rings (SSSR count). The Kier molecular flexibility index (Phi) is 3.25. The van der Waals surface area contributed by atoms with Crippen LogP contribution in [-0.4, -0.2) is 12.9 Å². The number of hydrogen-bond acceptors (Lipinski definition) is 2. The van der Waals surface area contributed by atoms with Gasteiger partial charge >= 0.3 is 0 Å². The van der Waals surface area contributed by atoms with E-state index < -0.39 is 5.82 Å². The monoisotopic (exact) mass is 202 g/mol. The molecule has 0 unspecified atom stereocenters. The van der Waals surface area contributed by atoms with E-state index in [1.807, 2.05) is 0 Å². The minimum absolute atomic E-state index is 0.102. The van der Waals surface area contributed by atoms with Crippen molar-refractivity contribution in [3.8, 4) is 5.75 Å². The van der Waals surface area contributed by atoms with E-state index in [0.717, 1.165) is 12.1 Å². The molecule has 0 radical (unpaired) electrons. The minimum Gasteiger partial charge on any atom is -0.492 e. The molecule has 0 aromatic heterocycles. The predicted molar refractivity (Wildman–Crippen MR) is 48.0 cm³/mol. The quantitative estimate of drug-likeness (QED) is 0.705. The fourth-order valence-electron chi connectivity index (χ4n) is 0.931. The van der Waals surface area contributed by atoms with Crippen LogP contribution in [-0.2, 0) is 0 Å². The highest BCUT2D eigenvalue weighted by Gasteiger charge is 2.09. The molecule has 0 aliphatic carbocycles. The van der Waals surface area contributed by atoms with Gasteiger partial charge in [-0.1, -0.05) is 11.6 Å². The number of carbonyl (C=O) groups is 1. The van der Waals surface area contributed by atoms with E-state index in [4.69, 9.17) is 16.3 Å². The Bertz CT molecular complexity index is 326. The van der Waals surface area contributed by atoms with Gasteiger partial charge in [-0.3, -0.25) is 4.79 Å². The fourth-order valence-corrected chi connectivity index (χ4v) is 1.14. The van der Waals surface area contributed by atoms with Gasteiger partial charge in [0.15, 0.2) is 6.29 Å². The number of aldehydes is 1. The summed E-state index contributed by atoms with van der Waals surface area (Å²) in [4.78, 5) is 10.4. The van der Waals surface area contributed by atoms with Crippen LogP contribution in [0.5, 0.6) is 5.75 Å². The zero-order valence-corrected chi connectivity index (χ0v) is 7.77. The van der Waals surface area contributed by atoms with Crippen LogP contribution in [0.3, 0.4) is 0 Å². The molecule has 0 saturated heterocycles. The molecule has 0 fully saturated rings. The molecule has 0 heterocycles. The lowest BCUT2D eigenvalue weighted by Gasteiger charge is -2.06. The second kappa shape index (κ2) is 4.23. The van der Waals surface area contributed by atoms with Crippen molar-refractivity contribution >= 4 is 17.9 Å². The molecule has 0 spiro atoms. The highest BCUT2D eigenvalue weighted by Crippen LogP contribution is 2.28. The van der Waals surface area contributed by atoms with Crippen LogP contribution in [0.15, 0.2) is 12.1 Å². The van der Waals surface area contributed by atoms with E-state index >= 15 is 0 Å². The van der Waals surface area contributed by atoms with Crippen molar-refractivity contribution in [1.82, 2.24) is 0 Å². The molecule has 13 heavy (non-hydrogen) atoms. The molecule has 1 aromatic rings. The van der Waals surface area contributed by atoms with Crippen molar-refractivity contribution < 1.29 is 13.9 Å². The van der Waals surface area contributed by atoms with Gasteiger partial charge < -0.3 is 4.74 Å². The Morgan fingerprint density at radius 1 is 1.62 bits per heavy atom. The third-order valence-electron chi connectivity index (χ3n) is 1.46. The van der Waals surface area contributed by atoms with E-state index in [1.54, 1.807) is 6.92 Å². The molecule has 70 valence electrons. The lowest BCUT2D eigenvalue weighted by molar-refractivity contribution is 0.112. The second-order valence-corrected chi connectivity index (χ2v) is 2.74. The first-order valence-electron chi connectivity index (χ1n) is 3.76. The number of benzene rings is 1. The zero-order valence-electron chi connectivity index (χ0n) is 7.01. The van der Waals surface area contributed by atoms with E-state index in [-0.39, 0.29) is 16.3 Å². The van der Waals surface area contributed by atoms with Crippen molar-refractivity contribution in [3.63, 3.8) is 0 Å². The van der Waals surface area contributed by atoms with Crippen molar-refractivity contribution in [2.45, 2.75) is 6.92 Å². The molecule has 0 aliphatic rings. The van der Waals surface area contributed by atoms with Crippen molar-refractivity contribution in [2.75, 3.05) is 6.61 Å². The summed E-state index contributed by atoms with van der Waals surface area (Å²) < 4.78 is 17.8. The fraction of sp³-hybridized carbons (Fsp3) is 0.222. The lowest BCUT2D eigenvalue weighted by atomic mass is 10.2. The predicted octanol–water partition coefficient (Wildman–Crippen LogP) is 2.69.